The highest BCUT2D eigenvalue weighted by Gasteiger charge is 2.16. The van der Waals surface area contributed by atoms with Gasteiger partial charge in [0, 0.05) is 25.8 Å². The van der Waals surface area contributed by atoms with Crippen molar-refractivity contribution in [3.05, 3.63) is 17.7 Å². The van der Waals surface area contributed by atoms with Crippen LogP contribution in [0.5, 0.6) is 0 Å². The molecular formula is C10H17N3. The molecule has 0 aromatic carbocycles. The highest BCUT2D eigenvalue weighted by Crippen LogP contribution is 2.18. The predicted octanol–water partition coefficient (Wildman–Crippen LogP) is 1.37. The number of nitrogens with one attached hydrogen (secondary N) is 1. The van der Waals surface area contributed by atoms with E-state index < -0.39 is 0 Å². The van der Waals surface area contributed by atoms with Crippen LogP contribution in [0.25, 0.3) is 0 Å². The van der Waals surface area contributed by atoms with E-state index in [-0.39, 0.29) is 0 Å². The Morgan fingerprint density at radius 3 is 2.85 bits per heavy atom. The van der Waals surface area contributed by atoms with Gasteiger partial charge >= 0.3 is 0 Å². The van der Waals surface area contributed by atoms with Crippen molar-refractivity contribution in [3.8, 4) is 0 Å². The third kappa shape index (κ3) is 1.91. The molecule has 72 valence electrons. The first kappa shape index (κ1) is 8.75. The van der Waals surface area contributed by atoms with Crippen LogP contribution in [0.4, 0.5) is 0 Å². The maximum absolute atomic E-state index is 4.44. The summed E-state index contributed by atoms with van der Waals surface area (Å²) in [6.45, 7) is 2.96. The minimum absolute atomic E-state index is 0.752. The summed E-state index contributed by atoms with van der Waals surface area (Å²) in [6.07, 6.45) is 6.16. The van der Waals surface area contributed by atoms with Crippen molar-refractivity contribution in [3.63, 3.8) is 0 Å². The Hall–Kier alpha value is -0.830. The SMILES string of the molecule is Cc1nc(CNC2CCC2)cn1C. The molecule has 13 heavy (non-hydrogen) atoms. The van der Waals surface area contributed by atoms with Crippen LogP contribution in [0.2, 0.25) is 0 Å². The molecule has 1 heterocycles. The van der Waals surface area contributed by atoms with Crippen LogP contribution in [0.15, 0.2) is 6.20 Å². The summed E-state index contributed by atoms with van der Waals surface area (Å²) in [5.74, 6) is 1.09. The number of hydrogen-bond donors (Lipinski definition) is 1. The second kappa shape index (κ2) is 3.50. The highest BCUT2D eigenvalue weighted by atomic mass is 15.1. The van der Waals surface area contributed by atoms with Crippen molar-refractivity contribution in [2.75, 3.05) is 0 Å². The smallest absolute Gasteiger partial charge is 0.105 e. The minimum atomic E-state index is 0.752. The van der Waals surface area contributed by atoms with Gasteiger partial charge < -0.3 is 9.88 Å². The minimum Gasteiger partial charge on any atom is -0.338 e. The fraction of sp³-hybridized carbons (Fsp3) is 0.700. The Labute approximate surface area is 79.2 Å². The summed E-state index contributed by atoms with van der Waals surface area (Å²) in [4.78, 5) is 4.44. The number of rotatable bonds is 3. The zero-order chi connectivity index (χ0) is 9.26. The van der Waals surface area contributed by atoms with Crippen molar-refractivity contribution in [1.29, 1.82) is 0 Å². The molecule has 0 atom stereocenters. The summed E-state index contributed by atoms with van der Waals surface area (Å²) in [7, 11) is 2.04. The topological polar surface area (TPSA) is 29.9 Å². The van der Waals surface area contributed by atoms with Crippen molar-refractivity contribution in [2.24, 2.45) is 7.05 Å². The van der Waals surface area contributed by atoms with Gasteiger partial charge in [-0.25, -0.2) is 4.98 Å². The van der Waals surface area contributed by atoms with Crippen LogP contribution in [0.1, 0.15) is 30.8 Å². The quantitative estimate of drug-likeness (QED) is 0.759. The van der Waals surface area contributed by atoms with Crippen molar-refractivity contribution >= 4 is 0 Å². The van der Waals surface area contributed by atoms with Gasteiger partial charge in [-0.1, -0.05) is 6.42 Å². The number of aromatic nitrogens is 2. The van der Waals surface area contributed by atoms with E-state index in [2.05, 4.69) is 21.1 Å². The van der Waals surface area contributed by atoms with Gasteiger partial charge in [0.05, 0.1) is 5.69 Å². The third-order valence-corrected chi connectivity index (χ3v) is 2.84. The standard InChI is InChI=1S/C10H17N3/c1-8-12-10(7-13(8)2)6-11-9-4-3-5-9/h7,9,11H,3-6H2,1-2H3. The van der Waals surface area contributed by atoms with Gasteiger partial charge in [0.1, 0.15) is 5.82 Å². The molecule has 2 rings (SSSR count). The van der Waals surface area contributed by atoms with Gasteiger partial charge in [-0.15, -0.1) is 0 Å². The Bertz CT molecular complexity index is 267. The molecule has 3 heteroatoms. The molecule has 0 unspecified atom stereocenters. The molecule has 1 saturated carbocycles. The molecule has 1 fully saturated rings. The van der Waals surface area contributed by atoms with Gasteiger partial charge in [-0.3, -0.25) is 0 Å². The zero-order valence-electron chi connectivity index (χ0n) is 8.38. The van der Waals surface area contributed by atoms with Crippen LogP contribution in [-0.2, 0) is 13.6 Å². The van der Waals surface area contributed by atoms with Gasteiger partial charge in [-0.05, 0) is 19.8 Å². The van der Waals surface area contributed by atoms with Crippen molar-refractivity contribution in [2.45, 2.75) is 38.8 Å². The Morgan fingerprint density at radius 1 is 1.62 bits per heavy atom. The van der Waals surface area contributed by atoms with Crippen LogP contribution >= 0.6 is 0 Å². The number of hydrogen-bond acceptors (Lipinski definition) is 2. The molecule has 1 aliphatic carbocycles. The molecule has 1 aromatic heterocycles. The highest BCUT2D eigenvalue weighted by molar-refractivity contribution is 5.02. The fourth-order valence-electron chi connectivity index (χ4n) is 1.58. The predicted molar refractivity (Wildman–Crippen MR) is 52.4 cm³/mol. The molecule has 1 aromatic rings. The van der Waals surface area contributed by atoms with E-state index in [1.165, 1.54) is 19.3 Å². The molecule has 0 amide bonds. The van der Waals surface area contributed by atoms with Gasteiger partial charge in [0.25, 0.3) is 0 Å². The monoisotopic (exact) mass is 179 g/mol. The molecule has 0 spiro atoms. The lowest BCUT2D eigenvalue weighted by Crippen LogP contribution is -2.34. The van der Waals surface area contributed by atoms with Crippen LogP contribution in [0, 0.1) is 6.92 Å². The van der Waals surface area contributed by atoms with E-state index in [1.807, 2.05) is 14.0 Å². The summed E-state index contributed by atoms with van der Waals surface area (Å²) in [6, 6.07) is 0.752. The molecule has 0 radical (unpaired) electrons. The number of aryl methyl sites for hydroxylation is 2. The first-order chi connectivity index (χ1) is 6.25. The molecule has 1 N–H and O–H groups in total. The van der Waals surface area contributed by atoms with E-state index in [1.54, 1.807) is 0 Å². The first-order valence-electron chi connectivity index (χ1n) is 4.98. The second-order valence-electron chi connectivity index (χ2n) is 3.90. The lowest BCUT2D eigenvalue weighted by atomic mass is 9.93. The van der Waals surface area contributed by atoms with Gasteiger partial charge in [0.2, 0.25) is 0 Å². The lowest BCUT2D eigenvalue weighted by molar-refractivity contribution is 0.337. The maximum Gasteiger partial charge on any atom is 0.105 e. The number of nitrogens with zero attached hydrogens (tertiary/aromatic N) is 2. The van der Waals surface area contributed by atoms with Crippen molar-refractivity contribution in [1.82, 2.24) is 14.9 Å². The third-order valence-electron chi connectivity index (χ3n) is 2.84. The zero-order valence-corrected chi connectivity index (χ0v) is 8.38. The van der Waals surface area contributed by atoms with E-state index >= 15 is 0 Å². The Balaban J connectivity index is 1.86. The average Bonchev–Trinajstić information content (AvgIpc) is 2.28. The maximum atomic E-state index is 4.44. The van der Waals surface area contributed by atoms with Crippen molar-refractivity contribution < 1.29 is 0 Å². The second-order valence-corrected chi connectivity index (χ2v) is 3.90. The molecule has 3 nitrogen and oxygen atoms in total. The summed E-state index contributed by atoms with van der Waals surface area (Å²) >= 11 is 0. The molecule has 0 saturated heterocycles. The van der Waals surface area contributed by atoms with Crippen LogP contribution in [0.3, 0.4) is 0 Å². The van der Waals surface area contributed by atoms with E-state index in [0.29, 0.717) is 0 Å². The van der Waals surface area contributed by atoms with E-state index in [4.69, 9.17) is 0 Å². The van der Waals surface area contributed by atoms with Crippen LogP contribution in [-0.4, -0.2) is 15.6 Å². The Morgan fingerprint density at radius 2 is 2.38 bits per heavy atom. The summed E-state index contributed by atoms with van der Waals surface area (Å²) < 4.78 is 2.07. The van der Waals surface area contributed by atoms with Gasteiger partial charge in [0.15, 0.2) is 0 Å². The normalized spacial score (nSPS) is 17.4. The molecule has 1 aliphatic rings. The first-order valence-corrected chi connectivity index (χ1v) is 4.98. The van der Waals surface area contributed by atoms with E-state index in [9.17, 15) is 0 Å². The number of imidazole rings is 1. The summed E-state index contributed by atoms with van der Waals surface area (Å²) in [5.41, 5.74) is 1.16. The lowest BCUT2D eigenvalue weighted by Gasteiger charge is -2.26. The summed E-state index contributed by atoms with van der Waals surface area (Å²) in [5, 5.41) is 3.50. The van der Waals surface area contributed by atoms with E-state index in [0.717, 1.165) is 24.1 Å². The van der Waals surface area contributed by atoms with Crippen LogP contribution < -0.4 is 5.32 Å². The average molecular weight is 179 g/mol. The molecule has 0 aliphatic heterocycles. The molecule has 0 bridgehead atoms. The molecular weight excluding hydrogens is 162 g/mol. The fourth-order valence-corrected chi connectivity index (χ4v) is 1.58. The largest absolute Gasteiger partial charge is 0.338 e. The van der Waals surface area contributed by atoms with Gasteiger partial charge in [-0.2, -0.15) is 0 Å². The Kier molecular flexibility index (Phi) is 2.36.